The van der Waals surface area contributed by atoms with E-state index >= 15 is 0 Å². The molecule has 0 radical (unpaired) electrons. The molecule has 37 heavy (non-hydrogen) atoms. The fourth-order valence-corrected chi connectivity index (χ4v) is 5.53. The first kappa shape index (κ1) is 27.1. The van der Waals surface area contributed by atoms with Crippen LogP contribution in [-0.4, -0.2) is 73.4 Å². The smallest absolute Gasteiger partial charge is 0.258 e. The number of ether oxygens (including phenoxy) is 1. The Balaban J connectivity index is 1.64. The van der Waals surface area contributed by atoms with E-state index in [-0.39, 0.29) is 53.8 Å². The molecule has 1 heterocycles. The molecule has 1 fully saturated rings. The number of carbonyl (C=O) groups is 2. The number of rotatable bonds is 8. The molecule has 2 aromatic rings. The Bertz CT molecular complexity index is 1260. The molecule has 0 unspecified atom stereocenters. The summed E-state index contributed by atoms with van der Waals surface area (Å²) < 4.78 is 34.0. The third-order valence-electron chi connectivity index (χ3n) is 7.05. The van der Waals surface area contributed by atoms with Crippen molar-refractivity contribution in [3.05, 3.63) is 53.6 Å². The molecule has 200 valence electrons. The van der Waals surface area contributed by atoms with E-state index in [2.05, 4.69) is 5.32 Å². The Hall–Kier alpha value is -2.95. The van der Waals surface area contributed by atoms with Crippen LogP contribution < -0.4 is 10.1 Å². The molecule has 2 aliphatic rings. The van der Waals surface area contributed by atoms with Gasteiger partial charge in [0.05, 0.1) is 29.7 Å². The number of nitrogens with zero attached hydrogens (tertiary/aromatic N) is 2. The molecule has 1 aliphatic carbocycles. The standard InChI is InChI=1S/C27H35N3O6S/c1-17-5-10-22(11-6-17)37(34,35)29(4)15-25-18(2)14-30(19(3)16-31)27(33)23-13-21(9-12-24(23)36-25)28-26(32)20-7-8-20/h5-6,9-13,18-20,25,31H,7-8,14-16H2,1-4H3,(H,28,32)/t18-,19+,25-/m0/s1. The van der Waals surface area contributed by atoms with Crippen molar-refractivity contribution >= 4 is 27.5 Å². The van der Waals surface area contributed by atoms with Crippen LogP contribution in [0.5, 0.6) is 5.75 Å². The number of hydrogen-bond acceptors (Lipinski definition) is 6. The molecule has 4 rings (SSSR count). The second-order valence-electron chi connectivity index (χ2n) is 10.2. The Morgan fingerprint density at radius 3 is 2.51 bits per heavy atom. The zero-order valence-electron chi connectivity index (χ0n) is 21.7. The van der Waals surface area contributed by atoms with Crippen molar-refractivity contribution in [1.29, 1.82) is 0 Å². The maximum atomic E-state index is 13.5. The van der Waals surface area contributed by atoms with Crippen LogP contribution >= 0.6 is 0 Å². The summed E-state index contributed by atoms with van der Waals surface area (Å²) in [6, 6.07) is 11.1. The van der Waals surface area contributed by atoms with Crippen LogP contribution in [0.25, 0.3) is 0 Å². The lowest BCUT2D eigenvalue weighted by Gasteiger charge is -2.38. The van der Waals surface area contributed by atoms with E-state index in [1.54, 1.807) is 54.3 Å². The average molecular weight is 530 g/mol. The van der Waals surface area contributed by atoms with Crippen molar-refractivity contribution in [1.82, 2.24) is 9.21 Å². The maximum Gasteiger partial charge on any atom is 0.258 e. The number of carbonyl (C=O) groups excluding carboxylic acids is 2. The highest BCUT2D eigenvalue weighted by molar-refractivity contribution is 7.89. The minimum Gasteiger partial charge on any atom is -0.488 e. The van der Waals surface area contributed by atoms with Gasteiger partial charge in [0.25, 0.3) is 5.91 Å². The summed E-state index contributed by atoms with van der Waals surface area (Å²) in [6.07, 6.45) is 1.15. The average Bonchev–Trinajstić information content (AvgIpc) is 3.72. The SMILES string of the molecule is Cc1ccc(S(=O)(=O)N(C)C[C@@H]2Oc3ccc(NC(=O)C4CC4)cc3C(=O)N([C@H](C)CO)C[C@@H]2C)cc1. The van der Waals surface area contributed by atoms with Gasteiger partial charge in [-0.15, -0.1) is 0 Å². The van der Waals surface area contributed by atoms with Crippen LogP contribution in [0.15, 0.2) is 47.4 Å². The summed E-state index contributed by atoms with van der Waals surface area (Å²) in [6.45, 7) is 5.66. The lowest BCUT2D eigenvalue weighted by Crippen LogP contribution is -2.50. The van der Waals surface area contributed by atoms with Crippen molar-refractivity contribution in [3.63, 3.8) is 0 Å². The predicted octanol–water partition coefficient (Wildman–Crippen LogP) is 2.88. The summed E-state index contributed by atoms with van der Waals surface area (Å²) in [5, 5.41) is 12.7. The topological polar surface area (TPSA) is 116 Å². The van der Waals surface area contributed by atoms with Gasteiger partial charge < -0.3 is 20.1 Å². The summed E-state index contributed by atoms with van der Waals surface area (Å²) in [7, 11) is -2.24. The van der Waals surface area contributed by atoms with E-state index in [9.17, 15) is 23.1 Å². The quantitative estimate of drug-likeness (QED) is 0.543. The highest BCUT2D eigenvalue weighted by Gasteiger charge is 2.36. The van der Waals surface area contributed by atoms with Gasteiger partial charge in [-0.2, -0.15) is 4.31 Å². The molecule has 10 heteroatoms. The molecule has 2 N–H and O–H groups in total. The first-order valence-corrected chi connectivity index (χ1v) is 14.0. The number of sulfonamides is 1. The van der Waals surface area contributed by atoms with Crippen LogP contribution in [0.4, 0.5) is 5.69 Å². The number of fused-ring (bicyclic) bond motifs is 1. The van der Waals surface area contributed by atoms with Gasteiger partial charge >= 0.3 is 0 Å². The van der Waals surface area contributed by atoms with Crippen LogP contribution in [0.1, 0.15) is 42.6 Å². The second-order valence-corrected chi connectivity index (χ2v) is 12.2. The molecule has 0 aromatic heterocycles. The van der Waals surface area contributed by atoms with E-state index in [0.29, 0.717) is 11.4 Å². The number of aliphatic hydroxyl groups excluding tert-OH is 1. The Morgan fingerprint density at radius 1 is 1.22 bits per heavy atom. The van der Waals surface area contributed by atoms with Crippen molar-refractivity contribution < 1.29 is 27.9 Å². The number of nitrogens with one attached hydrogen (secondary N) is 1. The normalized spacial score (nSPS) is 21.0. The van der Waals surface area contributed by atoms with E-state index in [1.807, 2.05) is 13.8 Å². The van der Waals surface area contributed by atoms with Crippen LogP contribution in [0, 0.1) is 18.8 Å². The van der Waals surface area contributed by atoms with Gasteiger partial charge in [-0.1, -0.05) is 24.6 Å². The monoisotopic (exact) mass is 529 g/mol. The minimum absolute atomic E-state index is 0.0103. The van der Waals surface area contributed by atoms with Crippen molar-refractivity contribution in [2.75, 3.05) is 32.1 Å². The van der Waals surface area contributed by atoms with Crippen molar-refractivity contribution in [2.45, 2.75) is 50.7 Å². The van der Waals surface area contributed by atoms with E-state index in [1.165, 1.54) is 11.4 Å². The number of benzene rings is 2. The Kier molecular flexibility index (Phi) is 7.91. The zero-order valence-corrected chi connectivity index (χ0v) is 22.5. The highest BCUT2D eigenvalue weighted by Crippen LogP contribution is 2.33. The van der Waals surface area contributed by atoms with Gasteiger partial charge in [0.15, 0.2) is 0 Å². The molecule has 0 saturated heterocycles. The molecular formula is C27H35N3O6S. The number of amides is 2. The van der Waals surface area contributed by atoms with E-state index < -0.39 is 22.2 Å². The number of aryl methyl sites for hydroxylation is 1. The van der Waals surface area contributed by atoms with Crippen LogP contribution in [-0.2, 0) is 14.8 Å². The summed E-state index contributed by atoms with van der Waals surface area (Å²) in [4.78, 5) is 27.6. The van der Waals surface area contributed by atoms with Gasteiger partial charge in [0, 0.05) is 31.1 Å². The molecular weight excluding hydrogens is 494 g/mol. The Morgan fingerprint density at radius 2 is 1.89 bits per heavy atom. The van der Waals surface area contributed by atoms with Crippen molar-refractivity contribution in [2.24, 2.45) is 11.8 Å². The number of aliphatic hydroxyl groups is 1. The number of anilines is 1. The molecule has 0 bridgehead atoms. The number of hydrogen-bond donors (Lipinski definition) is 2. The first-order valence-electron chi connectivity index (χ1n) is 12.6. The number of likely N-dealkylation sites (N-methyl/N-ethyl adjacent to an activating group) is 1. The summed E-state index contributed by atoms with van der Waals surface area (Å²) in [5.74, 6) is -0.312. The van der Waals surface area contributed by atoms with Gasteiger partial charge in [-0.3, -0.25) is 9.59 Å². The van der Waals surface area contributed by atoms with Gasteiger partial charge in [0.1, 0.15) is 11.9 Å². The first-order chi connectivity index (χ1) is 17.5. The predicted molar refractivity (Wildman–Crippen MR) is 140 cm³/mol. The molecule has 1 aliphatic heterocycles. The van der Waals surface area contributed by atoms with E-state index in [4.69, 9.17) is 4.74 Å². The molecule has 0 spiro atoms. The molecule has 3 atom stereocenters. The van der Waals surface area contributed by atoms with E-state index in [0.717, 1.165) is 18.4 Å². The van der Waals surface area contributed by atoms with Gasteiger partial charge in [-0.25, -0.2) is 8.42 Å². The van der Waals surface area contributed by atoms with Crippen LogP contribution in [0.2, 0.25) is 0 Å². The maximum absolute atomic E-state index is 13.5. The molecule has 1 saturated carbocycles. The Labute approximate surface area is 218 Å². The summed E-state index contributed by atoms with van der Waals surface area (Å²) in [5.41, 5.74) is 1.72. The summed E-state index contributed by atoms with van der Waals surface area (Å²) >= 11 is 0. The fourth-order valence-electron chi connectivity index (χ4n) is 4.35. The molecule has 2 amide bonds. The fraction of sp³-hybridized carbons (Fsp3) is 0.481. The molecule has 9 nitrogen and oxygen atoms in total. The highest BCUT2D eigenvalue weighted by atomic mass is 32.2. The zero-order chi connectivity index (χ0) is 26.9. The third-order valence-corrected chi connectivity index (χ3v) is 8.88. The minimum atomic E-state index is -3.76. The van der Waals surface area contributed by atoms with Gasteiger partial charge in [0.2, 0.25) is 15.9 Å². The lowest BCUT2D eigenvalue weighted by atomic mass is 9.99. The van der Waals surface area contributed by atoms with Crippen LogP contribution in [0.3, 0.4) is 0 Å². The van der Waals surface area contributed by atoms with Gasteiger partial charge in [-0.05, 0) is 57.0 Å². The third kappa shape index (κ3) is 5.97. The molecule has 2 aromatic carbocycles. The van der Waals surface area contributed by atoms with Crippen molar-refractivity contribution in [3.8, 4) is 5.75 Å². The second kappa shape index (κ2) is 10.8. The lowest BCUT2D eigenvalue weighted by molar-refractivity contribution is -0.117. The largest absolute Gasteiger partial charge is 0.488 e.